The fourth-order valence-corrected chi connectivity index (χ4v) is 6.42. The minimum Gasteiger partial charge on any atom is -0.310 e. The van der Waals surface area contributed by atoms with Crippen LogP contribution in [-0.2, 0) is 16.6 Å². The van der Waals surface area contributed by atoms with E-state index in [2.05, 4.69) is 5.32 Å². The molecule has 112 valence electrons. The van der Waals surface area contributed by atoms with Crippen LogP contribution in [0.15, 0.2) is 15.7 Å². The first-order chi connectivity index (χ1) is 9.57. The van der Waals surface area contributed by atoms with Crippen LogP contribution in [0, 0.1) is 0 Å². The molecule has 20 heavy (non-hydrogen) atoms. The molecule has 2 fully saturated rings. The third-order valence-corrected chi connectivity index (χ3v) is 8.37. The van der Waals surface area contributed by atoms with E-state index in [1.165, 1.54) is 24.2 Å². The van der Waals surface area contributed by atoms with Crippen molar-refractivity contribution in [2.75, 3.05) is 18.6 Å². The van der Waals surface area contributed by atoms with Crippen LogP contribution in [0.2, 0.25) is 0 Å². The van der Waals surface area contributed by atoms with Gasteiger partial charge in [0.1, 0.15) is 4.21 Å². The smallest absolute Gasteiger partial charge is 0.252 e. The van der Waals surface area contributed by atoms with Crippen molar-refractivity contribution >= 4 is 33.1 Å². The first-order valence-corrected chi connectivity index (χ1v) is 10.4. The summed E-state index contributed by atoms with van der Waals surface area (Å²) in [6.45, 7) is 0.777. The van der Waals surface area contributed by atoms with Crippen LogP contribution in [0.1, 0.15) is 24.8 Å². The van der Waals surface area contributed by atoms with Gasteiger partial charge in [-0.05, 0) is 42.0 Å². The molecule has 4 nitrogen and oxygen atoms in total. The highest BCUT2D eigenvalue weighted by Gasteiger charge is 2.31. The van der Waals surface area contributed by atoms with Crippen molar-refractivity contribution < 1.29 is 8.42 Å². The Morgan fingerprint density at radius 1 is 1.40 bits per heavy atom. The zero-order valence-corrected chi connectivity index (χ0v) is 14.0. The lowest BCUT2D eigenvalue weighted by atomic mass is 10.3. The van der Waals surface area contributed by atoms with E-state index < -0.39 is 10.0 Å². The van der Waals surface area contributed by atoms with E-state index in [9.17, 15) is 8.42 Å². The van der Waals surface area contributed by atoms with Crippen LogP contribution in [0.25, 0.3) is 0 Å². The molecule has 1 aliphatic carbocycles. The average Bonchev–Trinajstić information content (AvgIpc) is 2.95. The summed E-state index contributed by atoms with van der Waals surface area (Å²) in [5.74, 6) is 1.97. The van der Waals surface area contributed by atoms with E-state index in [0.29, 0.717) is 10.3 Å². The summed E-state index contributed by atoms with van der Waals surface area (Å²) >= 11 is 3.17. The minimum absolute atomic E-state index is 0.153. The van der Waals surface area contributed by atoms with Crippen molar-refractivity contribution in [2.45, 2.75) is 42.1 Å². The van der Waals surface area contributed by atoms with Gasteiger partial charge in [0.05, 0.1) is 0 Å². The number of nitrogens with zero attached hydrogens (tertiary/aromatic N) is 1. The van der Waals surface area contributed by atoms with E-state index in [1.807, 2.05) is 23.2 Å². The monoisotopic (exact) mass is 332 g/mol. The van der Waals surface area contributed by atoms with E-state index in [0.717, 1.165) is 30.0 Å². The summed E-state index contributed by atoms with van der Waals surface area (Å²) < 4.78 is 27.2. The van der Waals surface area contributed by atoms with E-state index >= 15 is 0 Å². The number of thiophene rings is 1. The average molecular weight is 333 g/mol. The van der Waals surface area contributed by atoms with Crippen LogP contribution in [0.5, 0.6) is 0 Å². The van der Waals surface area contributed by atoms with Gasteiger partial charge in [0.25, 0.3) is 10.0 Å². The van der Waals surface area contributed by atoms with Crippen molar-refractivity contribution in [3.05, 3.63) is 17.0 Å². The van der Waals surface area contributed by atoms with E-state index in [4.69, 9.17) is 0 Å². The summed E-state index contributed by atoms with van der Waals surface area (Å²) in [5.41, 5.74) is 1.08. The molecule has 0 spiro atoms. The lowest BCUT2D eigenvalue weighted by molar-refractivity contribution is 0.395. The van der Waals surface area contributed by atoms with Gasteiger partial charge in [-0.25, -0.2) is 8.42 Å². The summed E-state index contributed by atoms with van der Waals surface area (Å²) in [5, 5.41) is 5.37. The van der Waals surface area contributed by atoms with Gasteiger partial charge >= 0.3 is 0 Å². The summed E-state index contributed by atoms with van der Waals surface area (Å²) in [6, 6.07) is 2.63. The summed E-state index contributed by atoms with van der Waals surface area (Å²) in [6.07, 6.45) is 3.45. The Bertz CT molecular complexity index is 560. The molecule has 1 aliphatic heterocycles. The van der Waals surface area contributed by atoms with E-state index in [1.54, 1.807) is 11.4 Å². The molecule has 1 saturated heterocycles. The van der Waals surface area contributed by atoms with Crippen molar-refractivity contribution in [2.24, 2.45) is 0 Å². The fourth-order valence-electron chi connectivity index (χ4n) is 2.28. The predicted molar refractivity (Wildman–Crippen MR) is 84.9 cm³/mol. The molecule has 0 amide bonds. The Morgan fingerprint density at radius 3 is 2.85 bits per heavy atom. The van der Waals surface area contributed by atoms with Crippen molar-refractivity contribution in [3.8, 4) is 0 Å². The van der Waals surface area contributed by atoms with Gasteiger partial charge in [-0.3, -0.25) is 0 Å². The fraction of sp³-hybridized carbons (Fsp3) is 0.692. The Labute approximate surface area is 129 Å². The Morgan fingerprint density at radius 2 is 2.20 bits per heavy atom. The number of sulfonamides is 1. The SMILES string of the molecule is CN(C1CCSC1)S(=O)(=O)c1cc(CNC2CC2)cs1. The van der Waals surface area contributed by atoms with Crippen molar-refractivity contribution in [1.29, 1.82) is 0 Å². The quantitative estimate of drug-likeness (QED) is 0.867. The third-order valence-electron chi connectivity index (χ3n) is 3.86. The van der Waals surface area contributed by atoms with Gasteiger partial charge in [0, 0.05) is 31.4 Å². The number of hydrogen-bond acceptors (Lipinski definition) is 5. The molecule has 0 bridgehead atoms. The Balaban J connectivity index is 1.69. The lowest BCUT2D eigenvalue weighted by Gasteiger charge is -2.22. The second-order valence-electron chi connectivity index (χ2n) is 5.47. The standard InChI is InChI=1S/C13H20N2O2S3/c1-15(12-4-5-18-9-12)20(16,17)13-6-10(8-19-13)7-14-11-2-3-11/h6,8,11-12,14H,2-5,7,9H2,1H3. The van der Waals surface area contributed by atoms with Gasteiger partial charge in [0.15, 0.2) is 0 Å². The summed E-state index contributed by atoms with van der Waals surface area (Å²) in [7, 11) is -1.60. The van der Waals surface area contributed by atoms with Crippen LogP contribution in [0.3, 0.4) is 0 Å². The molecule has 1 saturated carbocycles. The molecule has 2 heterocycles. The Hall–Kier alpha value is -0.0800. The highest BCUT2D eigenvalue weighted by Crippen LogP contribution is 2.29. The first kappa shape index (κ1) is 14.8. The highest BCUT2D eigenvalue weighted by atomic mass is 32.2. The van der Waals surface area contributed by atoms with Crippen LogP contribution >= 0.6 is 23.1 Å². The summed E-state index contributed by atoms with van der Waals surface area (Å²) in [4.78, 5) is 0. The van der Waals surface area contributed by atoms with Gasteiger partial charge in [-0.1, -0.05) is 0 Å². The number of nitrogens with one attached hydrogen (secondary N) is 1. The largest absolute Gasteiger partial charge is 0.310 e. The third kappa shape index (κ3) is 3.22. The van der Waals surface area contributed by atoms with E-state index in [-0.39, 0.29) is 6.04 Å². The minimum atomic E-state index is -3.31. The van der Waals surface area contributed by atoms with Crippen LogP contribution in [0.4, 0.5) is 0 Å². The maximum absolute atomic E-state index is 12.6. The molecule has 2 aliphatic rings. The molecule has 0 radical (unpaired) electrons. The predicted octanol–water partition coefficient (Wildman–Crippen LogP) is 2.13. The van der Waals surface area contributed by atoms with Gasteiger partial charge < -0.3 is 5.32 Å². The molecule has 1 atom stereocenters. The number of hydrogen-bond donors (Lipinski definition) is 1. The molecule has 0 aromatic carbocycles. The maximum Gasteiger partial charge on any atom is 0.252 e. The number of thioether (sulfide) groups is 1. The second kappa shape index (κ2) is 5.96. The van der Waals surface area contributed by atoms with Crippen LogP contribution < -0.4 is 5.32 Å². The lowest BCUT2D eigenvalue weighted by Crippen LogP contribution is -2.36. The van der Waals surface area contributed by atoms with Gasteiger partial charge in [-0.15, -0.1) is 11.3 Å². The second-order valence-corrected chi connectivity index (χ2v) is 9.75. The molecule has 1 N–H and O–H groups in total. The normalized spacial score (nSPS) is 23.6. The molecular weight excluding hydrogens is 312 g/mol. The topological polar surface area (TPSA) is 49.4 Å². The molecule has 7 heteroatoms. The first-order valence-electron chi connectivity index (χ1n) is 6.94. The number of rotatable bonds is 6. The molecule has 1 unspecified atom stereocenters. The zero-order chi connectivity index (χ0) is 14.2. The molecule has 1 aromatic heterocycles. The van der Waals surface area contributed by atoms with Crippen molar-refractivity contribution in [1.82, 2.24) is 9.62 Å². The maximum atomic E-state index is 12.6. The van der Waals surface area contributed by atoms with Crippen LogP contribution in [-0.4, -0.2) is 43.4 Å². The van der Waals surface area contributed by atoms with Gasteiger partial charge in [0.2, 0.25) is 0 Å². The Kier molecular flexibility index (Phi) is 4.42. The zero-order valence-electron chi connectivity index (χ0n) is 11.5. The van der Waals surface area contributed by atoms with Gasteiger partial charge in [-0.2, -0.15) is 16.1 Å². The van der Waals surface area contributed by atoms with Crippen molar-refractivity contribution in [3.63, 3.8) is 0 Å². The molecule has 3 rings (SSSR count). The molecule has 1 aromatic rings. The highest BCUT2D eigenvalue weighted by molar-refractivity contribution is 7.99. The molecular formula is C13H20N2O2S3.